The molecule has 0 bridgehead atoms. The highest BCUT2D eigenvalue weighted by atomic mass is 16.5. The number of benzene rings is 1. The van der Waals surface area contributed by atoms with E-state index in [0.717, 1.165) is 24.8 Å². The molecule has 106 valence electrons. The molecule has 4 heteroatoms. The molecule has 1 aromatic rings. The summed E-state index contributed by atoms with van der Waals surface area (Å²) in [7, 11) is 4.92. The molecule has 0 heterocycles. The number of aliphatic hydroxyl groups is 1. The fourth-order valence-corrected chi connectivity index (χ4v) is 2.74. The number of rotatable bonds is 4. The number of hydrogen-bond acceptors (Lipinski definition) is 4. The van der Waals surface area contributed by atoms with Gasteiger partial charge in [0.1, 0.15) is 11.5 Å². The maximum Gasteiger partial charge on any atom is 0.122 e. The van der Waals surface area contributed by atoms with Crippen molar-refractivity contribution in [3.63, 3.8) is 0 Å². The monoisotopic (exact) mass is 266 g/mol. The van der Waals surface area contributed by atoms with Crippen LogP contribution in [-0.2, 0) is 10.3 Å². The van der Waals surface area contributed by atoms with Gasteiger partial charge in [0.25, 0.3) is 0 Å². The lowest BCUT2D eigenvalue weighted by Gasteiger charge is -2.36. The summed E-state index contributed by atoms with van der Waals surface area (Å²) in [6.07, 6.45) is 3.41. The maximum atomic E-state index is 10.9. The SMILES string of the molecule is COc1cc(OC)cc(C2(O)CCCC(OC)C2)c1. The van der Waals surface area contributed by atoms with Crippen LogP contribution in [0.15, 0.2) is 18.2 Å². The molecule has 2 rings (SSSR count). The summed E-state index contributed by atoms with van der Waals surface area (Å²) in [6.45, 7) is 0. The minimum absolute atomic E-state index is 0.107. The van der Waals surface area contributed by atoms with Gasteiger partial charge in [0.15, 0.2) is 0 Å². The quantitative estimate of drug-likeness (QED) is 0.909. The lowest BCUT2D eigenvalue weighted by Crippen LogP contribution is -2.35. The van der Waals surface area contributed by atoms with Crippen LogP contribution in [0.4, 0.5) is 0 Å². The molecule has 1 fully saturated rings. The molecule has 0 aliphatic heterocycles. The summed E-state index contributed by atoms with van der Waals surface area (Å²) in [5.74, 6) is 1.39. The van der Waals surface area contributed by atoms with Gasteiger partial charge in [0.2, 0.25) is 0 Å². The molecule has 1 aromatic carbocycles. The van der Waals surface area contributed by atoms with Gasteiger partial charge in [-0.2, -0.15) is 0 Å². The number of hydrogen-bond donors (Lipinski definition) is 1. The van der Waals surface area contributed by atoms with Crippen molar-refractivity contribution >= 4 is 0 Å². The minimum atomic E-state index is -0.860. The van der Waals surface area contributed by atoms with Crippen LogP contribution in [0.5, 0.6) is 11.5 Å². The van der Waals surface area contributed by atoms with Crippen LogP contribution in [0.25, 0.3) is 0 Å². The second kappa shape index (κ2) is 5.80. The normalized spacial score (nSPS) is 27.1. The smallest absolute Gasteiger partial charge is 0.122 e. The molecule has 2 unspecified atom stereocenters. The first-order valence-corrected chi connectivity index (χ1v) is 6.60. The van der Waals surface area contributed by atoms with Crippen molar-refractivity contribution in [2.75, 3.05) is 21.3 Å². The number of methoxy groups -OCH3 is 3. The lowest BCUT2D eigenvalue weighted by molar-refractivity contribution is -0.0633. The van der Waals surface area contributed by atoms with Crippen molar-refractivity contribution in [3.05, 3.63) is 23.8 Å². The van der Waals surface area contributed by atoms with Crippen LogP contribution in [0.3, 0.4) is 0 Å². The Balaban J connectivity index is 2.33. The second-order valence-electron chi connectivity index (χ2n) is 5.09. The van der Waals surface area contributed by atoms with Gasteiger partial charge in [-0.05, 0) is 37.0 Å². The Labute approximate surface area is 114 Å². The van der Waals surface area contributed by atoms with E-state index in [1.54, 1.807) is 21.3 Å². The molecular weight excluding hydrogens is 244 g/mol. The average molecular weight is 266 g/mol. The zero-order valence-electron chi connectivity index (χ0n) is 11.8. The van der Waals surface area contributed by atoms with E-state index in [1.807, 2.05) is 18.2 Å². The highest BCUT2D eigenvalue weighted by Crippen LogP contribution is 2.40. The summed E-state index contributed by atoms with van der Waals surface area (Å²) in [5, 5.41) is 10.9. The van der Waals surface area contributed by atoms with E-state index >= 15 is 0 Å². The average Bonchev–Trinajstić information content (AvgIpc) is 2.46. The fourth-order valence-electron chi connectivity index (χ4n) is 2.74. The summed E-state index contributed by atoms with van der Waals surface area (Å²) in [5.41, 5.74) is -0.0220. The van der Waals surface area contributed by atoms with E-state index in [0.29, 0.717) is 17.9 Å². The molecule has 0 aromatic heterocycles. The van der Waals surface area contributed by atoms with E-state index in [4.69, 9.17) is 14.2 Å². The second-order valence-corrected chi connectivity index (χ2v) is 5.09. The van der Waals surface area contributed by atoms with Gasteiger partial charge in [-0.25, -0.2) is 0 Å². The van der Waals surface area contributed by atoms with Crippen LogP contribution in [-0.4, -0.2) is 32.5 Å². The van der Waals surface area contributed by atoms with Crippen LogP contribution >= 0.6 is 0 Å². The van der Waals surface area contributed by atoms with E-state index in [9.17, 15) is 5.11 Å². The topological polar surface area (TPSA) is 47.9 Å². The van der Waals surface area contributed by atoms with Gasteiger partial charge >= 0.3 is 0 Å². The lowest BCUT2D eigenvalue weighted by atomic mass is 9.78. The zero-order valence-corrected chi connectivity index (χ0v) is 11.8. The molecule has 4 nitrogen and oxygen atoms in total. The molecule has 0 saturated heterocycles. The van der Waals surface area contributed by atoms with Crippen molar-refractivity contribution in [1.29, 1.82) is 0 Å². The van der Waals surface area contributed by atoms with E-state index in [1.165, 1.54) is 0 Å². The van der Waals surface area contributed by atoms with Crippen LogP contribution in [0.2, 0.25) is 0 Å². The molecule has 0 radical (unpaired) electrons. The fraction of sp³-hybridized carbons (Fsp3) is 0.600. The Morgan fingerprint density at radius 3 is 2.26 bits per heavy atom. The Hall–Kier alpha value is -1.26. The zero-order chi connectivity index (χ0) is 13.9. The predicted octanol–water partition coefficient (Wildman–Crippen LogP) is 2.48. The third-order valence-electron chi connectivity index (χ3n) is 3.90. The van der Waals surface area contributed by atoms with Gasteiger partial charge in [-0.1, -0.05) is 0 Å². The Morgan fingerprint density at radius 2 is 1.74 bits per heavy atom. The Morgan fingerprint density at radius 1 is 1.11 bits per heavy atom. The van der Waals surface area contributed by atoms with Crippen molar-refractivity contribution in [1.82, 2.24) is 0 Å². The van der Waals surface area contributed by atoms with Gasteiger partial charge in [-0.3, -0.25) is 0 Å². The van der Waals surface area contributed by atoms with Crippen molar-refractivity contribution in [3.8, 4) is 11.5 Å². The Kier molecular flexibility index (Phi) is 4.32. The third kappa shape index (κ3) is 3.01. The summed E-state index contributed by atoms with van der Waals surface area (Å²) in [6, 6.07) is 5.56. The molecule has 2 atom stereocenters. The van der Waals surface area contributed by atoms with Crippen LogP contribution in [0, 0.1) is 0 Å². The predicted molar refractivity (Wildman–Crippen MR) is 72.7 cm³/mol. The van der Waals surface area contributed by atoms with Crippen LogP contribution in [0.1, 0.15) is 31.2 Å². The first kappa shape index (κ1) is 14.2. The highest BCUT2D eigenvalue weighted by Gasteiger charge is 2.36. The molecule has 1 aliphatic rings. The van der Waals surface area contributed by atoms with E-state index in [-0.39, 0.29) is 6.10 Å². The largest absolute Gasteiger partial charge is 0.497 e. The molecule has 1 N–H and O–H groups in total. The third-order valence-corrected chi connectivity index (χ3v) is 3.90. The van der Waals surface area contributed by atoms with Gasteiger partial charge in [0, 0.05) is 19.6 Å². The van der Waals surface area contributed by atoms with Crippen molar-refractivity contribution in [2.24, 2.45) is 0 Å². The van der Waals surface area contributed by atoms with Gasteiger partial charge < -0.3 is 19.3 Å². The molecule has 19 heavy (non-hydrogen) atoms. The van der Waals surface area contributed by atoms with Gasteiger partial charge in [0.05, 0.1) is 25.9 Å². The van der Waals surface area contributed by atoms with Gasteiger partial charge in [-0.15, -0.1) is 0 Å². The van der Waals surface area contributed by atoms with Crippen molar-refractivity contribution in [2.45, 2.75) is 37.4 Å². The van der Waals surface area contributed by atoms with E-state index in [2.05, 4.69) is 0 Å². The molecular formula is C15H22O4. The summed E-state index contributed by atoms with van der Waals surface area (Å²) < 4.78 is 15.9. The van der Waals surface area contributed by atoms with Crippen molar-refractivity contribution < 1.29 is 19.3 Å². The Bertz CT molecular complexity index is 410. The molecule has 0 spiro atoms. The molecule has 0 amide bonds. The maximum absolute atomic E-state index is 10.9. The molecule has 1 saturated carbocycles. The highest BCUT2D eigenvalue weighted by molar-refractivity contribution is 5.41. The summed E-state index contributed by atoms with van der Waals surface area (Å²) in [4.78, 5) is 0. The first-order chi connectivity index (χ1) is 9.11. The number of ether oxygens (including phenoxy) is 3. The van der Waals surface area contributed by atoms with Crippen LogP contribution < -0.4 is 9.47 Å². The summed E-state index contributed by atoms with van der Waals surface area (Å²) >= 11 is 0. The molecule has 1 aliphatic carbocycles. The standard InChI is InChI=1S/C15H22O4/c1-17-12-5-4-6-15(16,10-12)11-7-13(18-2)9-14(8-11)19-3/h7-9,12,16H,4-6,10H2,1-3H3. The minimum Gasteiger partial charge on any atom is -0.497 e. The first-order valence-electron chi connectivity index (χ1n) is 6.60. The van der Waals surface area contributed by atoms with E-state index < -0.39 is 5.60 Å².